The van der Waals surface area contributed by atoms with Crippen molar-refractivity contribution in [2.45, 2.75) is 25.1 Å². The second kappa shape index (κ2) is 9.76. The van der Waals surface area contributed by atoms with Gasteiger partial charge >= 0.3 is 0 Å². The van der Waals surface area contributed by atoms with Crippen LogP contribution in [0.25, 0.3) is 0 Å². The third-order valence-corrected chi connectivity index (χ3v) is 7.41. The Labute approximate surface area is 181 Å². The summed E-state index contributed by atoms with van der Waals surface area (Å²) in [5, 5.41) is 2.98. The number of hydrogen-bond donors (Lipinski definition) is 1. The molecular formula is C21H24ClFN2O4S. The number of hydrogen-bond acceptors (Lipinski definition) is 4. The van der Waals surface area contributed by atoms with E-state index >= 15 is 0 Å². The summed E-state index contributed by atoms with van der Waals surface area (Å²) in [7, 11) is -2.16. The minimum atomic E-state index is -3.73. The van der Waals surface area contributed by atoms with Gasteiger partial charge in [0.15, 0.2) is 0 Å². The van der Waals surface area contributed by atoms with Crippen molar-refractivity contribution >= 4 is 27.5 Å². The first kappa shape index (κ1) is 22.5. The lowest BCUT2D eigenvalue weighted by molar-refractivity contribution is -0.126. The molecule has 2 aromatic rings. The van der Waals surface area contributed by atoms with E-state index in [0.29, 0.717) is 25.1 Å². The lowest BCUT2D eigenvalue weighted by Crippen LogP contribution is -2.43. The number of ether oxygens (including phenoxy) is 1. The summed E-state index contributed by atoms with van der Waals surface area (Å²) in [5.41, 5.74) is 0.839. The van der Waals surface area contributed by atoms with Crippen molar-refractivity contribution in [1.82, 2.24) is 9.62 Å². The molecule has 2 aromatic carbocycles. The van der Waals surface area contributed by atoms with Crippen LogP contribution in [-0.2, 0) is 27.1 Å². The summed E-state index contributed by atoms with van der Waals surface area (Å²) in [6.45, 7) is 0.759. The fraction of sp³-hybridized carbons (Fsp3) is 0.381. The number of halogens is 2. The number of rotatable bonds is 7. The van der Waals surface area contributed by atoms with Gasteiger partial charge in [-0.05, 0) is 31.0 Å². The molecule has 3 rings (SSSR count). The highest BCUT2D eigenvalue weighted by atomic mass is 35.5. The van der Waals surface area contributed by atoms with Crippen molar-refractivity contribution in [3.05, 3.63) is 64.4 Å². The quantitative estimate of drug-likeness (QED) is 0.696. The molecule has 1 saturated heterocycles. The Balaban J connectivity index is 1.55. The van der Waals surface area contributed by atoms with E-state index in [1.54, 1.807) is 7.11 Å². The molecule has 0 saturated carbocycles. The lowest BCUT2D eigenvalue weighted by atomic mass is 9.97. The molecule has 1 aliphatic rings. The highest BCUT2D eigenvalue weighted by Crippen LogP contribution is 2.26. The summed E-state index contributed by atoms with van der Waals surface area (Å²) in [5.74, 6) is -0.830. The van der Waals surface area contributed by atoms with Crippen molar-refractivity contribution in [1.29, 1.82) is 0 Å². The number of carbonyl (C=O) groups excluding carboxylic acids is 1. The van der Waals surface area contributed by atoms with Gasteiger partial charge in [-0.2, -0.15) is 0 Å². The van der Waals surface area contributed by atoms with Gasteiger partial charge in [-0.25, -0.2) is 17.1 Å². The molecule has 0 unspecified atom stereocenters. The predicted octanol–water partition coefficient (Wildman–Crippen LogP) is 3.35. The zero-order chi connectivity index (χ0) is 21.7. The second-order valence-electron chi connectivity index (χ2n) is 7.16. The normalized spacial score (nSPS) is 15.7. The number of nitrogens with zero attached hydrogens (tertiary/aromatic N) is 1. The van der Waals surface area contributed by atoms with Crippen LogP contribution >= 0.6 is 11.6 Å². The molecule has 162 valence electrons. The third-order valence-electron chi connectivity index (χ3n) is 5.25. The first-order valence-electron chi connectivity index (χ1n) is 9.62. The monoisotopic (exact) mass is 454 g/mol. The summed E-state index contributed by atoms with van der Waals surface area (Å²) in [6.07, 6.45) is 0.810. The van der Waals surface area contributed by atoms with Gasteiger partial charge in [0.1, 0.15) is 11.6 Å². The molecule has 1 N–H and O–H groups in total. The van der Waals surface area contributed by atoms with Crippen LogP contribution < -0.4 is 10.1 Å². The van der Waals surface area contributed by atoms with Crippen molar-refractivity contribution in [2.75, 3.05) is 20.2 Å². The molecule has 1 amide bonds. The largest absolute Gasteiger partial charge is 0.496 e. The van der Waals surface area contributed by atoms with E-state index in [-0.39, 0.29) is 35.5 Å². The van der Waals surface area contributed by atoms with Crippen molar-refractivity contribution in [3.8, 4) is 5.75 Å². The number of nitrogens with one attached hydrogen (secondary N) is 1. The minimum absolute atomic E-state index is 0.0316. The Morgan fingerprint density at radius 1 is 1.20 bits per heavy atom. The number of amides is 1. The first-order chi connectivity index (χ1) is 14.3. The fourth-order valence-electron chi connectivity index (χ4n) is 3.52. The highest BCUT2D eigenvalue weighted by molar-refractivity contribution is 7.88. The molecule has 30 heavy (non-hydrogen) atoms. The van der Waals surface area contributed by atoms with Crippen molar-refractivity contribution in [2.24, 2.45) is 5.92 Å². The van der Waals surface area contributed by atoms with Crippen LogP contribution in [0.3, 0.4) is 0 Å². The summed E-state index contributed by atoms with van der Waals surface area (Å²) >= 11 is 5.96. The van der Waals surface area contributed by atoms with E-state index in [1.165, 1.54) is 22.5 Å². The van der Waals surface area contributed by atoms with Gasteiger partial charge in [-0.3, -0.25) is 4.79 Å². The number of piperidine rings is 1. The van der Waals surface area contributed by atoms with Gasteiger partial charge in [0.2, 0.25) is 15.9 Å². The van der Waals surface area contributed by atoms with E-state index in [0.717, 1.165) is 5.56 Å². The number of carbonyl (C=O) groups is 1. The standard InChI is InChI=1S/C21H24ClFN2O4S/c1-29-20-8-3-2-5-16(20)13-24-21(26)15-9-11-25(12-10-15)30(27,28)14-17-18(22)6-4-7-19(17)23/h2-8,15H,9-14H2,1H3,(H,24,26). The van der Waals surface area contributed by atoms with Gasteiger partial charge in [-0.1, -0.05) is 35.9 Å². The molecule has 1 aliphatic heterocycles. The summed E-state index contributed by atoms with van der Waals surface area (Å²) < 4.78 is 46.0. The Morgan fingerprint density at radius 2 is 1.90 bits per heavy atom. The zero-order valence-electron chi connectivity index (χ0n) is 16.6. The lowest BCUT2D eigenvalue weighted by Gasteiger charge is -2.30. The van der Waals surface area contributed by atoms with Crippen LogP contribution in [0.4, 0.5) is 4.39 Å². The molecule has 1 fully saturated rings. The molecule has 0 bridgehead atoms. The van der Waals surface area contributed by atoms with Crippen LogP contribution in [0.2, 0.25) is 5.02 Å². The Hall–Kier alpha value is -2.16. The Bertz CT molecular complexity index is 988. The average molecular weight is 455 g/mol. The van der Waals surface area contributed by atoms with Crippen molar-refractivity contribution in [3.63, 3.8) is 0 Å². The maximum Gasteiger partial charge on any atom is 0.223 e. The van der Waals surface area contributed by atoms with Gasteiger partial charge in [0.05, 0.1) is 12.9 Å². The first-order valence-corrected chi connectivity index (χ1v) is 11.6. The van der Waals surface area contributed by atoms with Crippen LogP contribution in [0.15, 0.2) is 42.5 Å². The van der Waals surface area contributed by atoms with E-state index in [2.05, 4.69) is 5.32 Å². The van der Waals surface area contributed by atoms with E-state index in [1.807, 2.05) is 24.3 Å². The number of benzene rings is 2. The van der Waals surface area contributed by atoms with Gasteiger partial charge < -0.3 is 10.1 Å². The SMILES string of the molecule is COc1ccccc1CNC(=O)C1CCN(S(=O)(=O)Cc2c(F)cccc2Cl)CC1. The second-order valence-corrected chi connectivity index (χ2v) is 9.54. The fourth-order valence-corrected chi connectivity index (χ4v) is 5.43. The summed E-state index contributed by atoms with van der Waals surface area (Å²) in [6, 6.07) is 11.5. The molecule has 0 radical (unpaired) electrons. The maximum atomic E-state index is 14.0. The maximum absolute atomic E-state index is 14.0. The molecular weight excluding hydrogens is 431 g/mol. The van der Waals surface area contributed by atoms with E-state index in [9.17, 15) is 17.6 Å². The molecule has 0 atom stereocenters. The molecule has 6 nitrogen and oxygen atoms in total. The van der Waals surface area contributed by atoms with Gasteiger partial charge in [0, 0.05) is 41.7 Å². The van der Waals surface area contributed by atoms with Crippen molar-refractivity contribution < 1.29 is 22.3 Å². The van der Waals surface area contributed by atoms with Gasteiger partial charge in [-0.15, -0.1) is 0 Å². The predicted molar refractivity (Wildman–Crippen MR) is 113 cm³/mol. The van der Waals surface area contributed by atoms with Crippen LogP contribution in [0.1, 0.15) is 24.0 Å². The highest BCUT2D eigenvalue weighted by Gasteiger charge is 2.32. The molecule has 0 spiro atoms. The zero-order valence-corrected chi connectivity index (χ0v) is 18.2. The molecule has 0 aliphatic carbocycles. The van der Waals surface area contributed by atoms with E-state index in [4.69, 9.17) is 16.3 Å². The van der Waals surface area contributed by atoms with Crippen LogP contribution in [0.5, 0.6) is 5.75 Å². The molecule has 1 heterocycles. The number of sulfonamides is 1. The smallest absolute Gasteiger partial charge is 0.223 e. The summed E-state index contributed by atoms with van der Waals surface area (Å²) in [4.78, 5) is 12.5. The number of para-hydroxylation sites is 1. The average Bonchev–Trinajstić information content (AvgIpc) is 2.75. The third kappa shape index (κ3) is 5.30. The van der Waals surface area contributed by atoms with Crippen LogP contribution in [0, 0.1) is 11.7 Å². The molecule has 0 aromatic heterocycles. The molecule has 9 heteroatoms. The van der Waals surface area contributed by atoms with Gasteiger partial charge in [0.25, 0.3) is 0 Å². The Morgan fingerprint density at radius 3 is 2.57 bits per heavy atom. The van der Waals surface area contributed by atoms with E-state index < -0.39 is 21.6 Å². The van der Waals surface area contributed by atoms with Crippen LogP contribution in [-0.4, -0.2) is 38.8 Å². The topological polar surface area (TPSA) is 75.7 Å². The number of methoxy groups -OCH3 is 1. The minimum Gasteiger partial charge on any atom is -0.496 e. The Kier molecular flexibility index (Phi) is 7.33.